The van der Waals surface area contributed by atoms with Gasteiger partial charge in [-0.25, -0.2) is 0 Å². The van der Waals surface area contributed by atoms with Gasteiger partial charge in [0.2, 0.25) is 5.91 Å². The van der Waals surface area contributed by atoms with Crippen molar-refractivity contribution >= 4 is 17.7 Å². The predicted octanol–water partition coefficient (Wildman–Crippen LogP) is 1.62. The minimum absolute atomic E-state index is 0.0352. The van der Waals surface area contributed by atoms with Crippen molar-refractivity contribution in [3.05, 3.63) is 0 Å². The van der Waals surface area contributed by atoms with E-state index >= 15 is 0 Å². The highest BCUT2D eigenvalue weighted by Crippen LogP contribution is 2.30. The van der Waals surface area contributed by atoms with Crippen molar-refractivity contribution in [3.63, 3.8) is 0 Å². The smallest absolute Gasteiger partial charge is 0.316 e. The maximum absolute atomic E-state index is 12.9. The van der Waals surface area contributed by atoms with Gasteiger partial charge >= 0.3 is 5.97 Å². The normalized spacial score (nSPS) is 28.5. The zero-order chi connectivity index (χ0) is 23.1. The quantitative estimate of drug-likeness (QED) is 0.502. The number of piperidine rings is 1. The molecular formula is C24H41N3O5. The number of esters is 1. The van der Waals surface area contributed by atoms with Gasteiger partial charge in [-0.2, -0.15) is 0 Å². The Morgan fingerprint density at radius 1 is 1.16 bits per heavy atom. The van der Waals surface area contributed by atoms with Gasteiger partial charge in [-0.15, -0.1) is 0 Å². The molecule has 8 heteroatoms. The molecule has 182 valence electrons. The topological polar surface area (TPSA) is 88.2 Å². The van der Waals surface area contributed by atoms with E-state index in [1.165, 1.54) is 12.8 Å². The average Bonchev–Trinajstić information content (AvgIpc) is 3.59. The fourth-order valence-electron chi connectivity index (χ4n) is 4.77. The number of nitrogens with zero attached hydrogens (tertiary/aromatic N) is 2. The number of methoxy groups -OCH3 is 1. The second kappa shape index (κ2) is 11.6. The van der Waals surface area contributed by atoms with Crippen molar-refractivity contribution in [2.24, 2.45) is 11.8 Å². The van der Waals surface area contributed by atoms with Gasteiger partial charge in [0.25, 0.3) is 0 Å². The number of ketones is 1. The van der Waals surface area contributed by atoms with Gasteiger partial charge in [-0.05, 0) is 65.1 Å². The van der Waals surface area contributed by atoms with E-state index in [1.807, 2.05) is 11.9 Å². The Labute approximate surface area is 192 Å². The molecule has 3 fully saturated rings. The van der Waals surface area contributed by atoms with Crippen LogP contribution in [0.3, 0.4) is 0 Å². The molecular weight excluding hydrogens is 410 g/mol. The summed E-state index contributed by atoms with van der Waals surface area (Å²) in [5.74, 6) is -0.455. The average molecular weight is 452 g/mol. The molecule has 1 amide bonds. The molecule has 0 aromatic heterocycles. The fraction of sp³-hybridized carbons (Fsp3) is 0.875. The number of carbonyl (C=O) groups excluding carboxylic acids is 3. The highest BCUT2D eigenvalue weighted by Gasteiger charge is 2.42. The Morgan fingerprint density at radius 2 is 1.88 bits per heavy atom. The van der Waals surface area contributed by atoms with Crippen LogP contribution in [0.25, 0.3) is 0 Å². The van der Waals surface area contributed by atoms with Gasteiger partial charge in [0.15, 0.2) is 0 Å². The van der Waals surface area contributed by atoms with Crippen molar-refractivity contribution in [2.75, 3.05) is 53.4 Å². The van der Waals surface area contributed by atoms with E-state index in [9.17, 15) is 14.4 Å². The first-order chi connectivity index (χ1) is 15.3. The van der Waals surface area contributed by atoms with Crippen LogP contribution in [0.1, 0.15) is 58.3 Å². The van der Waals surface area contributed by atoms with Gasteiger partial charge in [0, 0.05) is 46.0 Å². The number of hydrogen-bond acceptors (Lipinski definition) is 7. The van der Waals surface area contributed by atoms with Crippen LogP contribution < -0.4 is 5.32 Å². The lowest BCUT2D eigenvalue weighted by Gasteiger charge is -2.43. The number of rotatable bonds is 5. The van der Waals surface area contributed by atoms with Gasteiger partial charge in [0.1, 0.15) is 17.3 Å². The van der Waals surface area contributed by atoms with Crippen LogP contribution in [0.2, 0.25) is 0 Å². The molecule has 0 radical (unpaired) electrons. The summed E-state index contributed by atoms with van der Waals surface area (Å²) in [6, 6.07) is 0. The molecule has 2 unspecified atom stereocenters. The molecule has 1 spiro atoms. The minimum Gasteiger partial charge on any atom is -0.457 e. The number of likely N-dealkylation sites (N-methyl/N-ethyl adjacent to an activating group) is 1. The van der Waals surface area contributed by atoms with Gasteiger partial charge in [0.05, 0.1) is 12.6 Å². The van der Waals surface area contributed by atoms with E-state index in [4.69, 9.17) is 9.47 Å². The van der Waals surface area contributed by atoms with Crippen LogP contribution >= 0.6 is 0 Å². The summed E-state index contributed by atoms with van der Waals surface area (Å²) in [7, 11) is 3.73. The lowest BCUT2D eigenvalue weighted by atomic mass is 9.89. The van der Waals surface area contributed by atoms with Crippen molar-refractivity contribution in [1.29, 1.82) is 0 Å². The first kappa shape index (κ1) is 25.1. The van der Waals surface area contributed by atoms with Crippen molar-refractivity contribution in [3.8, 4) is 0 Å². The highest BCUT2D eigenvalue weighted by atomic mass is 16.6. The number of carbonyl (C=O) groups is 3. The predicted molar refractivity (Wildman–Crippen MR) is 121 cm³/mol. The molecule has 32 heavy (non-hydrogen) atoms. The number of ether oxygens (including phenoxy) is 2. The molecule has 2 heterocycles. The molecule has 3 aliphatic rings. The molecule has 2 atom stereocenters. The molecule has 1 aliphatic carbocycles. The SMILES string of the molecule is COC1CCCN(C)CC2(CCN(C(=O)CNCC3CC3)CC2)OC(=O)C(C)C(=O)CC1. The number of Topliss-reactive ketones (excluding diaryl/α,β-unsaturated/α-hetero) is 1. The Kier molecular flexibility index (Phi) is 9.08. The van der Waals surface area contributed by atoms with E-state index in [1.54, 1.807) is 14.0 Å². The number of amides is 1. The van der Waals surface area contributed by atoms with Crippen LogP contribution in [0, 0.1) is 11.8 Å². The van der Waals surface area contributed by atoms with Crippen molar-refractivity contribution in [1.82, 2.24) is 15.1 Å². The first-order valence-corrected chi connectivity index (χ1v) is 12.3. The second-order valence-corrected chi connectivity index (χ2v) is 10.0. The van der Waals surface area contributed by atoms with E-state index in [0.29, 0.717) is 51.9 Å². The molecule has 0 bridgehead atoms. The fourth-order valence-corrected chi connectivity index (χ4v) is 4.77. The van der Waals surface area contributed by atoms with E-state index < -0.39 is 17.5 Å². The summed E-state index contributed by atoms with van der Waals surface area (Å²) in [4.78, 5) is 42.2. The molecule has 1 N–H and O–H groups in total. The first-order valence-electron chi connectivity index (χ1n) is 12.3. The highest BCUT2D eigenvalue weighted by molar-refractivity contribution is 5.98. The van der Waals surface area contributed by atoms with Gasteiger partial charge in [-0.1, -0.05) is 0 Å². The van der Waals surface area contributed by atoms with Crippen LogP contribution in [-0.2, 0) is 23.9 Å². The van der Waals surface area contributed by atoms with E-state index in [2.05, 4.69) is 10.2 Å². The standard InChI is InChI=1S/C24H41N3O5/c1-18-21(28)9-8-20(31-3)5-4-12-26(2)17-24(32-23(18)30)10-13-27(14-11-24)22(29)16-25-15-19-6-7-19/h18-20,25H,4-17H2,1-3H3. The monoisotopic (exact) mass is 451 g/mol. The molecule has 2 saturated heterocycles. The van der Waals surface area contributed by atoms with E-state index in [0.717, 1.165) is 31.8 Å². The molecule has 3 rings (SSSR count). The number of nitrogens with one attached hydrogen (secondary N) is 1. The van der Waals surface area contributed by atoms with Crippen LogP contribution in [0.15, 0.2) is 0 Å². The maximum Gasteiger partial charge on any atom is 0.316 e. The summed E-state index contributed by atoms with van der Waals surface area (Å²) in [5.41, 5.74) is -0.659. The van der Waals surface area contributed by atoms with Crippen molar-refractivity contribution < 1.29 is 23.9 Å². The van der Waals surface area contributed by atoms with Crippen LogP contribution in [0.5, 0.6) is 0 Å². The Bertz CT molecular complexity index is 658. The molecule has 0 aromatic rings. The van der Waals surface area contributed by atoms with Crippen LogP contribution in [0.4, 0.5) is 0 Å². The van der Waals surface area contributed by atoms with Gasteiger partial charge in [-0.3, -0.25) is 14.4 Å². The Morgan fingerprint density at radius 3 is 2.53 bits per heavy atom. The molecule has 8 nitrogen and oxygen atoms in total. The summed E-state index contributed by atoms with van der Waals surface area (Å²) in [5, 5.41) is 3.27. The third-order valence-electron chi connectivity index (χ3n) is 7.26. The zero-order valence-corrected chi connectivity index (χ0v) is 20.1. The minimum atomic E-state index is -0.776. The molecule has 1 saturated carbocycles. The summed E-state index contributed by atoms with van der Waals surface area (Å²) < 4.78 is 11.6. The molecule has 2 aliphatic heterocycles. The van der Waals surface area contributed by atoms with Gasteiger partial charge < -0.3 is 24.6 Å². The van der Waals surface area contributed by atoms with Crippen molar-refractivity contribution in [2.45, 2.75) is 70.0 Å². The Balaban J connectivity index is 1.61. The molecule has 0 aromatic carbocycles. The summed E-state index contributed by atoms with van der Waals surface area (Å²) >= 11 is 0. The third-order valence-corrected chi connectivity index (χ3v) is 7.26. The lowest BCUT2D eigenvalue weighted by molar-refractivity contribution is -0.173. The lowest BCUT2D eigenvalue weighted by Crippen LogP contribution is -2.55. The summed E-state index contributed by atoms with van der Waals surface area (Å²) in [6.45, 7) is 5.55. The number of likely N-dealkylation sites (tertiary alicyclic amines) is 1. The zero-order valence-electron chi connectivity index (χ0n) is 20.1. The second-order valence-electron chi connectivity index (χ2n) is 10.0. The van der Waals surface area contributed by atoms with E-state index in [-0.39, 0.29) is 17.8 Å². The third kappa shape index (κ3) is 7.25. The summed E-state index contributed by atoms with van der Waals surface area (Å²) in [6.07, 6.45) is 6.56. The Hall–Kier alpha value is -1.51. The van der Waals surface area contributed by atoms with Crippen LogP contribution in [-0.4, -0.2) is 92.6 Å². The number of hydrogen-bond donors (Lipinski definition) is 1. The largest absolute Gasteiger partial charge is 0.457 e. The maximum atomic E-state index is 12.9.